The highest BCUT2D eigenvalue weighted by Crippen LogP contribution is 2.42. The van der Waals surface area contributed by atoms with E-state index in [0.29, 0.717) is 5.41 Å². The predicted molar refractivity (Wildman–Crippen MR) is 65.4 cm³/mol. The van der Waals surface area contributed by atoms with Crippen LogP contribution in [0.1, 0.15) is 44.9 Å². The van der Waals surface area contributed by atoms with Crippen molar-refractivity contribution in [3.8, 4) is 0 Å². The summed E-state index contributed by atoms with van der Waals surface area (Å²) in [5.74, 6) is 0.810. The van der Waals surface area contributed by atoms with Gasteiger partial charge in [-0.25, -0.2) is 0 Å². The third-order valence-electron chi connectivity index (χ3n) is 3.96. The summed E-state index contributed by atoms with van der Waals surface area (Å²) in [4.78, 5) is 0. The molecule has 1 aliphatic rings. The van der Waals surface area contributed by atoms with Gasteiger partial charge in [-0.15, -0.1) is 0 Å². The zero-order valence-electron chi connectivity index (χ0n) is 9.88. The maximum atomic E-state index is 5.97. The first-order chi connectivity index (χ1) is 7.26. The van der Waals surface area contributed by atoms with E-state index in [1.54, 1.807) is 0 Å². The average molecular weight is 213 g/mol. The highest BCUT2D eigenvalue weighted by molar-refractivity contribution is 4.87. The van der Waals surface area contributed by atoms with Gasteiger partial charge in [-0.2, -0.15) is 0 Å². The molecular formula is C12H27N3. The van der Waals surface area contributed by atoms with Crippen molar-refractivity contribution in [1.29, 1.82) is 0 Å². The van der Waals surface area contributed by atoms with Gasteiger partial charge in [-0.1, -0.05) is 12.8 Å². The van der Waals surface area contributed by atoms with Crippen LogP contribution in [0.4, 0.5) is 0 Å². The maximum absolute atomic E-state index is 5.97. The number of hydrogen-bond acceptors (Lipinski definition) is 3. The second kappa shape index (κ2) is 6.46. The van der Waals surface area contributed by atoms with Crippen molar-refractivity contribution in [3.05, 3.63) is 0 Å². The van der Waals surface area contributed by atoms with E-state index in [2.05, 4.69) is 0 Å². The van der Waals surface area contributed by atoms with E-state index in [1.165, 1.54) is 38.5 Å². The standard InChI is InChI=1S/C12H27N3/c13-7-2-6-12(10-15)5-1-3-11(9-12)4-8-14/h11H,1-10,13-15H2. The lowest BCUT2D eigenvalue weighted by Crippen LogP contribution is -2.36. The second-order valence-electron chi connectivity index (χ2n) is 5.14. The van der Waals surface area contributed by atoms with E-state index in [9.17, 15) is 0 Å². The Labute approximate surface area is 93.8 Å². The fourth-order valence-electron chi connectivity index (χ4n) is 3.06. The lowest BCUT2D eigenvalue weighted by molar-refractivity contribution is 0.128. The topological polar surface area (TPSA) is 78.1 Å². The molecule has 2 unspecified atom stereocenters. The summed E-state index contributed by atoms with van der Waals surface area (Å²) in [6.45, 7) is 2.44. The fourth-order valence-corrected chi connectivity index (χ4v) is 3.06. The second-order valence-corrected chi connectivity index (χ2v) is 5.14. The summed E-state index contributed by atoms with van der Waals surface area (Å²) >= 11 is 0. The lowest BCUT2D eigenvalue weighted by Gasteiger charge is -2.40. The number of nitrogens with two attached hydrogens (primary N) is 3. The SMILES string of the molecule is NCCCC1(CN)CCCC(CCN)C1. The normalized spacial score (nSPS) is 31.8. The monoisotopic (exact) mass is 213 g/mol. The van der Waals surface area contributed by atoms with Crippen molar-refractivity contribution in [3.63, 3.8) is 0 Å². The molecule has 0 amide bonds. The molecule has 1 fully saturated rings. The van der Waals surface area contributed by atoms with Crippen LogP contribution in [0.15, 0.2) is 0 Å². The van der Waals surface area contributed by atoms with Crippen molar-refractivity contribution < 1.29 is 0 Å². The van der Waals surface area contributed by atoms with Crippen molar-refractivity contribution in [2.24, 2.45) is 28.5 Å². The predicted octanol–water partition coefficient (Wildman–Crippen LogP) is 1.21. The van der Waals surface area contributed by atoms with Crippen molar-refractivity contribution in [1.82, 2.24) is 0 Å². The molecule has 6 N–H and O–H groups in total. The molecule has 90 valence electrons. The Balaban J connectivity index is 2.47. The van der Waals surface area contributed by atoms with Gasteiger partial charge in [0, 0.05) is 0 Å². The van der Waals surface area contributed by atoms with Crippen LogP contribution in [0.3, 0.4) is 0 Å². The highest BCUT2D eigenvalue weighted by atomic mass is 14.6. The van der Waals surface area contributed by atoms with Crippen LogP contribution in [-0.4, -0.2) is 19.6 Å². The first-order valence-electron chi connectivity index (χ1n) is 6.36. The third-order valence-corrected chi connectivity index (χ3v) is 3.96. The highest BCUT2D eigenvalue weighted by Gasteiger charge is 2.34. The molecule has 2 atom stereocenters. The Kier molecular flexibility index (Phi) is 5.58. The molecule has 0 radical (unpaired) electrons. The van der Waals surface area contributed by atoms with Gasteiger partial charge in [0.15, 0.2) is 0 Å². The molecule has 0 aromatic heterocycles. The summed E-state index contributed by atoms with van der Waals surface area (Å²) in [5.41, 5.74) is 17.6. The minimum Gasteiger partial charge on any atom is -0.330 e. The van der Waals surface area contributed by atoms with Crippen LogP contribution in [0.5, 0.6) is 0 Å². The Morgan fingerprint density at radius 2 is 1.93 bits per heavy atom. The molecule has 0 bridgehead atoms. The summed E-state index contributed by atoms with van der Waals surface area (Å²) in [5, 5.41) is 0. The average Bonchev–Trinajstić information content (AvgIpc) is 2.27. The van der Waals surface area contributed by atoms with Crippen molar-refractivity contribution in [2.45, 2.75) is 44.9 Å². The summed E-state index contributed by atoms with van der Waals surface area (Å²) < 4.78 is 0. The summed E-state index contributed by atoms with van der Waals surface area (Å²) in [6, 6.07) is 0. The summed E-state index contributed by atoms with van der Waals surface area (Å²) in [6.07, 6.45) is 8.75. The van der Waals surface area contributed by atoms with E-state index < -0.39 is 0 Å². The number of rotatable bonds is 6. The van der Waals surface area contributed by atoms with Gasteiger partial charge >= 0.3 is 0 Å². The molecule has 1 aliphatic carbocycles. The fraction of sp³-hybridized carbons (Fsp3) is 1.00. The Morgan fingerprint density at radius 3 is 2.53 bits per heavy atom. The van der Waals surface area contributed by atoms with Crippen LogP contribution in [0.2, 0.25) is 0 Å². The molecule has 15 heavy (non-hydrogen) atoms. The van der Waals surface area contributed by atoms with Crippen LogP contribution in [0, 0.1) is 11.3 Å². The third kappa shape index (κ3) is 3.74. The summed E-state index contributed by atoms with van der Waals surface area (Å²) in [7, 11) is 0. The molecule has 0 spiro atoms. The van der Waals surface area contributed by atoms with E-state index in [4.69, 9.17) is 17.2 Å². The number of hydrogen-bond donors (Lipinski definition) is 3. The van der Waals surface area contributed by atoms with Crippen LogP contribution in [0.25, 0.3) is 0 Å². The first kappa shape index (κ1) is 12.9. The largest absolute Gasteiger partial charge is 0.330 e. The van der Waals surface area contributed by atoms with Crippen LogP contribution < -0.4 is 17.2 Å². The van der Waals surface area contributed by atoms with Crippen molar-refractivity contribution in [2.75, 3.05) is 19.6 Å². The van der Waals surface area contributed by atoms with Crippen LogP contribution in [-0.2, 0) is 0 Å². The van der Waals surface area contributed by atoms with Gasteiger partial charge in [-0.3, -0.25) is 0 Å². The Hall–Kier alpha value is -0.120. The quantitative estimate of drug-likeness (QED) is 0.620. The first-order valence-corrected chi connectivity index (χ1v) is 6.36. The van der Waals surface area contributed by atoms with Crippen LogP contribution >= 0.6 is 0 Å². The minimum absolute atomic E-state index is 0.386. The molecule has 0 heterocycles. The molecule has 0 aromatic rings. The van der Waals surface area contributed by atoms with Gasteiger partial charge < -0.3 is 17.2 Å². The van der Waals surface area contributed by atoms with Crippen molar-refractivity contribution >= 4 is 0 Å². The van der Waals surface area contributed by atoms with E-state index in [0.717, 1.165) is 32.0 Å². The molecular weight excluding hydrogens is 186 g/mol. The zero-order chi connectivity index (χ0) is 11.1. The molecule has 0 saturated heterocycles. The molecule has 0 aromatic carbocycles. The molecule has 0 aliphatic heterocycles. The molecule has 1 saturated carbocycles. The van der Waals surface area contributed by atoms with Gasteiger partial charge in [-0.05, 0) is 63.1 Å². The smallest absolute Gasteiger partial charge is 0.00204 e. The Bertz CT molecular complexity index is 170. The van der Waals surface area contributed by atoms with E-state index in [1.807, 2.05) is 0 Å². The molecule has 3 nitrogen and oxygen atoms in total. The molecule has 3 heteroatoms. The molecule has 1 rings (SSSR count). The minimum atomic E-state index is 0.386. The van der Waals surface area contributed by atoms with Gasteiger partial charge in [0.2, 0.25) is 0 Å². The van der Waals surface area contributed by atoms with E-state index in [-0.39, 0.29) is 0 Å². The van der Waals surface area contributed by atoms with Gasteiger partial charge in [0.05, 0.1) is 0 Å². The zero-order valence-corrected chi connectivity index (χ0v) is 9.88. The van der Waals surface area contributed by atoms with Gasteiger partial charge in [0.1, 0.15) is 0 Å². The van der Waals surface area contributed by atoms with Gasteiger partial charge in [0.25, 0.3) is 0 Å². The lowest BCUT2D eigenvalue weighted by atomic mass is 9.66. The van der Waals surface area contributed by atoms with E-state index >= 15 is 0 Å². The Morgan fingerprint density at radius 1 is 1.13 bits per heavy atom. The maximum Gasteiger partial charge on any atom is -0.00204 e.